The van der Waals surface area contributed by atoms with Gasteiger partial charge >= 0.3 is 5.97 Å². The summed E-state index contributed by atoms with van der Waals surface area (Å²) >= 11 is 0. The first-order valence-electron chi connectivity index (χ1n) is 6.69. The van der Waals surface area contributed by atoms with E-state index in [0.717, 1.165) is 5.56 Å². The Morgan fingerprint density at radius 2 is 2.10 bits per heavy atom. The van der Waals surface area contributed by atoms with E-state index in [0.29, 0.717) is 12.8 Å². The summed E-state index contributed by atoms with van der Waals surface area (Å²) in [5.74, 6) is -0.598. The van der Waals surface area contributed by atoms with Crippen molar-refractivity contribution in [3.8, 4) is 0 Å². The number of carbonyl (C=O) groups excluding carboxylic acids is 2. The van der Waals surface area contributed by atoms with Gasteiger partial charge in [-0.2, -0.15) is 0 Å². The second-order valence-corrected chi connectivity index (χ2v) is 5.68. The van der Waals surface area contributed by atoms with Gasteiger partial charge in [-0.1, -0.05) is 6.07 Å². The van der Waals surface area contributed by atoms with Crippen LogP contribution in [-0.4, -0.2) is 28.5 Å². The smallest absolute Gasteiger partial charge is 0.328 e. The first kappa shape index (κ1) is 16.1. The number of nitrogens with zero attached hydrogens (tertiary/aromatic N) is 1. The summed E-state index contributed by atoms with van der Waals surface area (Å²) in [5, 5.41) is 2.64. The molecule has 0 aliphatic carbocycles. The molecule has 1 amide bonds. The molecule has 0 unspecified atom stereocenters. The fourth-order valence-electron chi connectivity index (χ4n) is 1.57. The third-order valence-electron chi connectivity index (χ3n) is 2.50. The van der Waals surface area contributed by atoms with E-state index < -0.39 is 17.6 Å². The standard InChI is InChI=1S/C15H22N2O3/c1-11(14(19)20-15(2,3)4)17-13(18)8-7-12-6-5-9-16-10-12/h5-6,9-11H,7-8H2,1-4H3,(H,17,18)/t11-/m0/s1. The van der Waals surface area contributed by atoms with Crippen LogP contribution in [0.2, 0.25) is 0 Å². The Hall–Kier alpha value is -1.91. The molecule has 1 N–H and O–H groups in total. The van der Waals surface area contributed by atoms with E-state index >= 15 is 0 Å². The van der Waals surface area contributed by atoms with E-state index in [1.165, 1.54) is 0 Å². The van der Waals surface area contributed by atoms with Crippen LogP contribution in [0.3, 0.4) is 0 Å². The highest BCUT2D eigenvalue weighted by molar-refractivity contribution is 5.84. The molecule has 0 aliphatic rings. The zero-order valence-corrected chi connectivity index (χ0v) is 12.5. The molecule has 1 heterocycles. The van der Waals surface area contributed by atoms with Gasteiger partial charge in [0.05, 0.1) is 0 Å². The van der Waals surface area contributed by atoms with E-state index in [1.54, 1.807) is 40.1 Å². The molecule has 0 fully saturated rings. The van der Waals surface area contributed by atoms with Gasteiger partial charge in [0.1, 0.15) is 11.6 Å². The number of hydrogen-bond acceptors (Lipinski definition) is 4. The molecule has 0 aromatic carbocycles. The van der Waals surface area contributed by atoms with Crippen molar-refractivity contribution in [2.24, 2.45) is 0 Å². The topological polar surface area (TPSA) is 68.3 Å². The van der Waals surface area contributed by atoms with Crippen molar-refractivity contribution in [3.05, 3.63) is 30.1 Å². The van der Waals surface area contributed by atoms with Gasteiger partial charge in [0.2, 0.25) is 5.91 Å². The summed E-state index contributed by atoms with van der Waals surface area (Å²) in [6.07, 6.45) is 4.33. The van der Waals surface area contributed by atoms with Gasteiger partial charge < -0.3 is 10.1 Å². The van der Waals surface area contributed by atoms with Crippen LogP contribution in [-0.2, 0) is 20.7 Å². The van der Waals surface area contributed by atoms with Crippen LogP contribution in [0.25, 0.3) is 0 Å². The third kappa shape index (κ3) is 6.31. The fourth-order valence-corrected chi connectivity index (χ4v) is 1.57. The number of aryl methyl sites for hydroxylation is 1. The maximum absolute atomic E-state index is 11.8. The summed E-state index contributed by atoms with van der Waals surface area (Å²) in [6.45, 7) is 7.00. The second kappa shape index (κ2) is 7.03. The van der Waals surface area contributed by atoms with Crippen LogP contribution in [0.5, 0.6) is 0 Å². The van der Waals surface area contributed by atoms with Gasteiger partial charge in [0.25, 0.3) is 0 Å². The van der Waals surface area contributed by atoms with E-state index in [1.807, 2.05) is 12.1 Å². The van der Waals surface area contributed by atoms with Gasteiger partial charge in [0, 0.05) is 18.8 Å². The fraction of sp³-hybridized carbons (Fsp3) is 0.533. The molecule has 5 nitrogen and oxygen atoms in total. The van der Waals surface area contributed by atoms with Crippen LogP contribution < -0.4 is 5.32 Å². The Morgan fingerprint density at radius 3 is 2.65 bits per heavy atom. The van der Waals surface area contributed by atoms with Gasteiger partial charge in [-0.15, -0.1) is 0 Å². The van der Waals surface area contributed by atoms with Gasteiger partial charge in [-0.05, 0) is 45.7 Å². The van der Waals surface area contributed by atoms with Gasteiger partial charge in [0.15, 0.2) is 0 Å². The minimum atomic E-state index is -0.643. The molecular weight excluding hydrogens is 256 g/mol. The minimum absolute atomic E-state index is 0.174. The van der Waals surface area contributed by atoms with Crippen molar-refractivity contribution in [2.75, 3.05) is 0 Å². The molecule has 0 spiro atoms. The molecule has 0 bridgehead atoms. The highest BCUT2D eigenvalue weighted by atomic mass is 16.6. The molecule has 0 saturated heterocycles. The molecule has 0 radical (unpaired) electrons. The molecule has 0 aliphatic heterocycles. The number of hydrogen-bond donors (Lipinski definition) is 1. The molecule has 1 aromatic heterocycles. The van der Waals surface area contributed by atoms with Crippen molar-refractivity contribution in [1.29, 1.82) is 0 Å². The predicted molar refractivity (Wildman–Crippen MR) is 76.0 cm³/mol. The first-order valence-corrected chi connectivity index (χ1v) is 6.69. The number of pyridine rings is 1. The molecule has 5 heteroatoms. The Bertz CT molecular complexity index is 452. The van der Waals surface area contributed by atoms with Crippen molar-refractivity contribution in [2.45, 2.75) is 52.2 Å². The number of nitrogens with one attached hydrogen (secondary N) is 1. The van der Waals surface area contributed by atoms with Crippen LogP contribution >= 0.6 is 0 Å². The van der Waals surface area contributed by atoms with Gasteiger partial charge in [-0.3, -0.25) is 9.78 Å². The van der Waals surface area contributed by atoms with E-state index in [2.05, 4.69) is 10.3 Å². The highest BCUT2D eigenvalue weighted by Crippen LogP contribution is 2.08. The van der Waals surface area contributed by atoms with Crippen molar-refractivity contribution in [3.63, 3.8) is 0 Å². The summed E-state index contributed by atoms with van der Waals surface area (Å²) in [6, 6.07) is 3.10. The number of ether oxygens (including phenoxy) is 1. The zero-order chi connectivity index (χ0) is 15.2. The first-order chi connectivity index (χ1) is 9.28. The lowest BCUT2D eigenvalue weighted by Gasteiger charge is -2.22. The van der Waals surface area contributed by atoms with E-state index in [9.17, 15) is 9.59 Å². The van der Waals surface area contributed by atoms with Crippen LogP contribution in [0.15, 0.2) is 24.5 Å². The number of rotatable bonds is 5. The lowest BCUT2D eigenvalue weighted by molar-refractivity contribution is -0.158. The largest absolute Gasteiger partial charge is 0.458 e. The van der Waals surface area contributed by atoms with Crippen LogP contribution in [0.1, 0.15) is 39.7 Å². The SMILES string of the molecule is C[C@H](NC(=O)CCc1cccnc1)C(=O)OC(C)(C)C. The monoisotopic (exact) mass is 278 g/mol. The minimum Gasteiger partial charge on any atom is -0.458 e. The van der Waals surface area contributed by atoms with Crippen molar-refractivity contribution >= 4 is 11.9 Å². The van der Waals surface area contributed by atoms with Gasteiger partial charge in [-0.25, -0.2) is 4.79 Å². The van der Waals surface area contributed by atoms with Crippen molar-refractivity contribution in [1.82, 2.24) is 10.3 Å². The number of esters is 1. The maximum Gasteiger partial charge on any atom is 0.328 e. The average molecular weight is 278 g/mol. The molecule has 1 rings (SSSR count). The molecule has 1 atom stereocenters. The molecule has 1 aromatic rings. The Morgan fingerprint density at radius 1 is 1.40 bits per heavy atom. The van der Waals surface area contributed by atoms with E-state index in [4.69, 9.17) is 4.74 Å². The summed E-state index contributed by atoms with van der Waals surface area (Å²) in [7, 11) is 0. The Balaban J connectivity index is 2.36. The van der Waals surface area contributed by atoms with Crippen molar-refractivity contribution < 1.29 is 14.3 Å². The lowest BCUT2D eigenvalue weighted by atomic mass is 10.1. The van der Waals surface area contributed by atoms with Crippen LogP contribution in [0, 0.1) is 0 Å². The third-order valence-corrected chi connectivity index (χ3v) is 2.50. The predicted octanol–water partition coefficient (Wildman–Crippen LogP) is 1.86. The zero-order valence-electron chi connectivity index (χ0n) is 12.5. The van der Waals surface area contributed by atoms with E-state index in [-0.39, 0.29) is 5.91 Å². The summed E-state index contributed by atoms with van der Waals surface area (Å²) in [5.41, 5.74) is 0.443. The maximum atomic E-state index is 11.8. The lowest BCUT2D eigenvalue weighted by Crippen LogP contribution is -2.42. The molecular formula is C15H22N2O3. The number of aromatic nitrogens is 1. The number of carbonyl (C=O) groups is 2. The van der Waals surface area contributed by atoms with Crippen LogP contribution in [0.4, 0.5) is 0 Å². The normalized spacial score (nSPS) is 12.6. The summed E-state index contributed by atoms with van der Waals surface area (Å²) < 4.78 is 5.20. The molecule has 20 heavy (non-hydrogen) atoms. The second-order valence-electron chi connectivity index (χ2n) is 5.68. The Kier molecular flexibility index (Phi) is 5.67. The Labute approximate surface area is 119 Å². The number of amides is 1. The molecule has 110 valence electrons. The quantitative estimate of drug-likeness (QED) is 0.835. The molecule has 0 saturated carbocycles. The average Bonchev–Trinajstić information content (AvgIpc) is 2.35. The summed E-state index contributed by atoms with van der Waals surface area (Å²) in [4.78, 5) is 27.5. The highest BCUT2D eigenvalue weighted by Gasteiger charge is 2.22.